The fraction of sp³-hybridized carbons (Fsp3) is 0.923. The Bertz CT molecular complexity index is 252. The molecule has 0 saturated carbocycles. The molecule has 1 heterocycles. The van der Waals surface area contributed by atoms with Crippen molar-refractivity contribution in [3.63, 3.8) is 0 Å². The smallest absolute Gasteiger partial charge is 0.312 e. The fourth-order valence-corrected chi connectivity index (χ4v) is 2.17. The molecule has 1 fully saturated rings. The number of hydrogen-bond acceptors (Lipinski definition) is 3. The Morgan fingerprint density at radius 3 is 2.71 bits per heavy atom. The summed E-state index contributed by atoms with van der Waals surface area (Å²) in [6.07, 6.45) is 1.94. The third-order valence-corrected chi connectivity index (χ3v) is 3.65. The number of carbonyl (C=O) groups is 1. The molecule has 0 amide bonds. The van der Waals surface area contributed by atoms with Crippen LogP contribution in [0.1, 0.15) is 40.0 Å². The molecule has 4 heteroatoms. The van der Waals surface area contributed by atoms with Crippen molar-refractivity contribution >= 4 is 5.97 Å². The van der Waals surface area contributed by atoms with E-state index in [9.17, 15) is 9.90 Å². The summed E-state index contributed by atoms with van der Waals surface area (Å²) in [5.74, 6) is -0.132. The zero-order valence-corrected chi connectivity index (χ0v) is 11.1. The standard InChI is InChI=1S/C13H24O4/c1-10(2)4-7-16-8-5-13(12(14)15)6-9-17-11(13)3/h10-11H,4-9H2,1-3H3,(H,14,15). The van der Waals surface area contributed by atoms with Gasteiger partial charge in [0.15, 0.2) is 0 Å². The molecule has 17 heavy (non-hydrogen) atoms. The lowest BCUT2D eigenvalue weighted by molar-refractivity contribution is -0.153. The van der Waals surface area contributed by atoms with E-state index in [-0.39, 0.29) is 6.10 Å². The van der Waals surface area contributed by atoms with Crippen LogP contribution >= 0.6 is 0 Å². The van der Waals surface area contributed by atoms with E-state index >= 15 is 0 Å². The largest absolute Gasteiger partial charge is 0.481 e. The average Bonchev–Trinajstić information content (AvgIpc) is 2.60. The summed E-state index contributed by atoms with van der Waals surface area (Å²) in [4.78, 5) is 11.4. The van der Waals surface area contributed by atoms with Gasteiger partial charge in [0, 0.05) is 19.8 Å². The summed E-state index contributed by atoms with van der Waals surface area (Å²) in [5.41, 5.74) is -0.738. The van der Waals surface area contributed by atoms with Crippen molar-refractivity contribution in [2.24, 2.45) is 11.3 Å². The van der Waals surface area contributed by atoms with Crippen LogP contribution in [0.3, 0.4) is 0 Å². The topological polar surface area (TPSA) is 55.8 Å². The van der Waals surface area contributed by atoms with Crippen molar-refractivity contribution in [3.05, 3.63) is 0 Å². The zero-order valence-electron chi connectivity index (χ0n) is 11.1. The van der Waals surface area contributed by atoms with Crippen molar-refractivity contribution in [3.8, 4) is 0 Å². The molecule has 0 spiro atoms. The average molecular weight is 244 g/mol. The zero-order chi connectivity index (χ0) is 12.9. The molecule has 100 valence electrons. The number of aliphatic carboxylic acids is 1. The van der Waals surface area contributed by atoms with Crippen LogP contribution in [0.25, 0.3) is 0 Å². The van der Waals surface area contributed by atoms with Gasteiger partial charge < -0.3 is 14.6 Å². The Hall–Kier alpha value is -0.610. The molecule has 1 aliphatic heterocycles. The van der Waals surface area contributed by atoms with Gasteiger partial charge in [0.05, 0.1) is 11.5 Å². The van der Waals surface area contributed by atoms with Gasteiger partial charge in [-0.05, 0) is 32.1 Å². The summed E-state index contributed by atoms with van der Waals surface area (Å²) in [7, 11) is 0. The molecule has 2 atom stereocenters. The summed E-state index contributed by atoms with van der Waals surface area (Å²) in [6.45, 7) is 7.90. The van der Waals surface area contributed by atoms with E-state index in [1.165, 1.54) is 0 Å². The summed E-state index contributed by atoms with van der Waals surface area (Å²) in [6, 6.07) is 0. The molecule has 1 N–H and O–H groups in total. The second-order valence-corrected chi connectivity index (χ2v) is 5.27. The van der Waals surface area contributed by atoms with Crippen molar-refractivity contribution in [2.45, 2.75) is 46.1 Å². The Balaban J connectivity index is 2.34. The Kier molecular flexibility index (Phi) is 5.40. The van der Waals surface area contributed by atoms with Gasteiger partial charge in [0.25, 0.3) is 0 Å². The van der Waals surface area contributed by atoms with Gasteiger partial charge in [-0.25, -0.2) is 0 Å². The van der Waals surface area contributed by atoms with E-state index in [0.29, 0.717) is 38.6 Å². The first-order chi connectivity index (χ1) is 7.99. The number of hydrogen-bond donors (Lipinski definition) is 1. The molecule has 0 aliphatic carbocycles. The lowest BCUT2D eigenvalue weighted by atomic mass is 9.79. The highest BCUT2D eigenvalue weighted by molar-refractivity contribution is 5.75. The first kappa shape index (κ1) is 14.5. The van der Waals surface area contributed by atoms with Crippen LogP contribution in [0.15, 0.2) is 0 Å². The summed E-state index contributed by atoms with van der Waals surface area (Å²) in [5, 5.41) is 9.34. The van der Waals surface area contributed by atoms with Gasteiger partial charge in [-0.3, -0.25) is 4.79 Å². The maximum Gasteiger partial charge on any atom is 0.312 e. The molecule has 0 aromatic rings. The van der Waals surface area contributed by atoms with Gasteiger partial charge in [-0.2, -0.15) is 0 Å². The number of ether oxygens (including phenoxy) is 2. The van der Waals surface area contributed by atoms with Gasteiger partial charge in [-0.1, -0.05) is 13.8 Å². The molecule has 0 radical (unpaired) electrons. The maximum absolute atomic E-state index is 11.4. The minimum Gasteiger partial charge on any atom is -0.481 e. The van der Waals surface area contributed by atoms with E-state index < -0.39 is 11.4 Å². The first-order valence-corrected chi connectivity index (χ1v) is 6.42. The number of carboxylic acids is 1. The Morgan fingerprint density at radius 1 is 1.53 bits per heavy atom. The monoisotopic (exact) mass is 244 g/mol. The van der Waals surface area contributed by atoms with Crippen molar-refractivity contribution in [2.75, 3.05) is 19.8 Å². The van der Waals surface area contributed by atoms with Crippen molar-refractivity contribution in [1.82, 2.24) is 0 Å². The van der Waals surface area contributed by atoms with E-state index in [0.717, 1.165) is 6.42 Å². The summed E-state index contributed by atoms with van der Waals surface area (Å²) >= 11 is 0. The molecule has 0 bridgehead atoms. The maximum atomic E-state index is 11.4. The predicted octanol–water partition coefficient (Wildman–Crippen LogP) is 2.32. The van der Waals surface area contributed by atoms with Crippen molar-refractivity contribution in [1.29, 1.82) is 0 Å². The minimum absolute atomic E-state index is 0.214. The van der Waals surface area contributed by atoms with Crippen LogP contribution in [0.5, 0.6) is 0 Å². The third-order valence-electron chi connectivity index (χ3n) is 3.65. The fourth-order valence-electron chi connectivity index (χ4n) is 2.17. The van der Waals surface area contributed by atoms with Gasteiger partial charge in [-0.15, -0.1) is 0 Å². The van der Waals surface area contributed by atoms with Crippen LogP contribution in [0, 0.1) is 11.3 Å². The van der Waals surface area contributed by atoms with Gasteiger partial charge in [0.2, 0.25) is 0 Å². The SMILES string of the molecule is CC(C)CCOCCC1(C(=O)O)CCOC1C. The van der Waals surface area contributed by atoms with E-state index in [4.69, 9.17) is 9.47 Å². The van der Waals surface area contributed by atoms with E-state index in [1.54, 1.807) is 0 Å². The minimum atomic E-state index is -0.755. The quantitative estimate of drug-likeness (QED) is 0.698. The molecule has 1 rings (SSSR count). The van der Waals surface area contributed by atoms with Crippen molar-refractivity contribution < 1.29 is 19.4 Å². The lowest BCUT2D eigenvalue weighted by Crippen LogP contribution is -2.38. The first-order valence-electron chi connectivity index (χ1n) is 6.42. The Labute approximate surface area is 103 Å². The molecular weight excluding hydrogens is 220 g/mol. The lowest BCUT2D eigenvalue weighted by Gasteiger charge is -2.27. The summed E-state index contributed by atoms with van der Waals surface area (Å²) < 4.78 is 10.9. The van der Waals surface area contributed by atoms with Gasteiger partial charge >= 0.3 is 5.97 Å². The Morgan fingerprint density at radius 2 is 2.24 bits per heavy atom. The normalized spacial score (nSPS) is 28.8. The van der Waals surface area contributed by atoms with Crippen LogP contribution in [0.2, 0.25) is 0 Å². The third kappa shape index (κ3) is 3.68. The van der Waals surface area contributed by atoms with Crippen LogP contribution in [-0.2, 0) is 14.3 Å². The van der Waals surface area contributed by atoms with Crippen LogP contribution in [-0.4, -0.2) is 37.0 Å². The molecule has 0 aromatic heterocycles. The molecule has 0 aromatic carbocycles. The molecule has 1 aliphatic rings. The van der Waals surface area contributed by atoms with Crippen LogP contribution in [0.4, 0.5) is 0 Å². The predicted molar refractivity (Wildman–Crippen MR) is 65.0 cm³/mol. The number of carboxylic acid groups (broad SMARTS) is 1. The highest BCUT2D eigenvalue weighted by Gasteiger charge is 2.47. The van der Waals surface area contributed by atoms with E-state index in [1.807, 2.05) is 6.92 Å². The number of rotatable bonds is 7. The van der Waals surface area contributed by atoms with Crippen LogP contribution < -0.4 is 0 Å². The molecule has 2 unspecified atom stereocenters. The van der Waals surface area contributed by atoms with Gasteiger partial charge in [0.1, 0.15) is 0 Å². The second kappa shape index (κ2) is 6.36. The highest BCUT2D eigenvalue weighted by Crippen LogP contribution is 2.38. The highest BCUT2D eigenvalue weighted by atomic mass is 16.5. The second-order valence-electron chi connectivity index (χ2n) is 5.27. The van der Waals surface area contributed by atoms with E-state index in [2.05, 4.69) is 13.8 Å². The molecule has 1 saturated heterocycles. The molecule has 4 nitrogen and oxygen atoms in total. The molecular formula is C13H24O4.